The van der Waals surface area contributed by atoms with E-state index < -0.39 is 10.2 Å². The van der Waals surface area contributed by atoms with Gasteiger partial charge >= 0.3 is 0 Å². The number of imidazole rings is 1. The van der Waals surface area contributed by atoms with E-state index in [4.69, 9.17) is 0 Å². The van der Waals surface area contributed by atoms with Crippen LogP contribution in [0.25, 0.3) is 0 Å². The van der Waals surface area contributed by atoms with Crippen LogP contribution in [0.4, 0.5) is 0 Å². The van der Waals surface area contributed by atoms with Crippen molar-refractivity contribution in [2.24, 2.45) is 5.92 Å². The van der Waals surface area contributed by atoms with Crippen LogP contribution in [0.15, 0.2) is 6.20 Å². The fraction of sp³-hybridized carbons (Fsp3) is 0.824. The summed E-state index contributed by atoms with van der Waals surface area (Å²) in [5.41, 5.74) is 1.14. The zero-order chi connectivity index (χ0) is 18.0. The Morgan fingerprint density at radius 3 is 2.80 bits per heavy atom. The average Bonchev–Trinajstić information content (AvgIpc) is 2.80. The largest absolute Gasteiger partial charge is 0.345 e. The maximum Gasteiger partial charge on any atom is 0.281 e. The van der Waals surface area contributed by atoms with Gasteiger partial charge in [-0.2, -0.15) is 17.0 Å². The second kappa shape index (κ2) is 7.73. The first-order valence-electron chi connectivity index (χ1n) is 9.34. The van der Waals surface area contributed by atoms with Gasteiger partial charge in [-0.3, -0.25) is 4.90 Å². The van der Waals surface area contributed by atoms with E-state index in [1.807, 2.05) is 6.20 Å². The fourth-order valence-corrected chi connectivity index (χ4v) is 5.15. The molecule has 0 aliphatic carbocycles. The summed E-state index contributed by atoms with van der Waals surface area (Å²) in [7, 11) is -0.105. The third-order valence-corrected chi connectivity index (χ3v) is 7.28. The van der Waals surface area contributed by atoms with E-state index in [0.717, 1.165) is 50.3 Å². The highest BCUT2D eigenvalue weighted by molar-refractivity contribution is 7.86. The Balaban J connectivity index is 1.68. The van der Waals surface area contributed by atoms with Gasteiger partial charge in [0.15, 0.2) is 0 Å². The number of piperidine rings is 1. The van der Waals surface area contributed by atoms with Crippen molar-refractivity contribution in [1.29, 1.82) is 0 Å². The van der Waals surface area contributed by atoms with Gasteiger partial charge < -0.3 is 4.98 Å². The molecule has 0 saturated carbocycles. The summed E-state index contributed by atoms with van der Waals surface area (Å²) < 4.78 is 28.1. The highest BCUT2D eigenvalue weighted by Gasteiger charge is 2.39. The summed E-state index contributed by atoms with van der Waals surface area (Å²) in [6.07, 6.45) is 7.45. The van der Waals surface area contributed by atoms with Gasteiger partial charge in [-0.05, 0) is 25.2 Å². The molecule has 3 saturated heterocycles. The summed E-state index contributed by atoms with van der Waals surface area (Å²) in [6.45, 7) is 5.21. The molecule has 0 unspecified atom stereocenters. The molecular formula is C17H31N5O2S. The van der Waals surface area contributed by atoms with Crippen LogP contribution in [0.2, 0.25) is 0 Å². The molecule has 3 aliphatic rings. The van der Waals surface area contributed by atoms with Gasteiger partial charge in [0.05, 0.1) is 0 Å². The third-order valence-electron chi connectivity index (χ3n) is 5.40. The van der Waals surface area contributed by atoms with E-state index >= 15 is 0 Å². The standard InChI is InChI=1S/C17H31N5O2S/c1-4-5-6-17-18-9-15(19-17)12-21-10-14-7-8-16(21)13-22(11-14)25(23,24)20(2)3/h9,14,16H,4-8,10-13H2,1-3H3,(H,18,19)/t14-,16-/m0/s1. The summed E-state index contributed by atoms with van der Waals surface area (Å²) in [5, 5.41) is 0. The van der Waals surface area contributed by atoms with Crippen LogP contribution in [0, 0.1) is 5.92 Å². The normalized spacial score (nSPS) is 25.6. The quantitative estimate of drug-likeness (QED) is 0.790. The number of aryl methyl sites for hydroxylation is 1. The van der Waals surface area contributed by atoms with E-state index in [9.17, 15) is 8.42 Å². The zero-order valence-electron chi connectivity index (χ0n) is 15.6. The van der Waals surface area contributed by atoms with Crippen LogP contribution in [0.3, 0.4) is 0 Å². The Hall–Kier alpha value is -0.960. The summed E-state index contributed by atoms with van der Waals surface area (Å²) in [5.74, 6) is 1.48. The van der Waals surface area contributed by atoms with Crippen molar-refractivity contribution >= 4 is 10.2 Å². The van der Waals surface area contributed by atoms with Crippen LogP contribution in [-0.2, 0) is 23.2 Å². The van der Waals surface area contributed by atoms with Gasteiger partial charge in [0.2, 0.25) is 0 Å². The maximum absolute atomic E-state index is 12.5. The topological polar surface area (TPSA) is 72.5 Å². The Bertz CT molecular complexity index is 672. The number of hydrogen-bond acceptors (Lipinski definition) is 4. The van der Waals surface area contributed by atoms with Gasteiger partial charge in [-0.15, -0.1) is 0 Å². The molecule has 25 heavy (non-hydrogen) atoms. The van der Waals surface area contributed by atoms with Gasteiger partial charge in [-0.25, -0.2) is 4.98 Å². The maximum atomic E-state index is 12.5. The van der Waals surface area contributed by atoms with Crippen molar-refractivity contribution in [2.45, 2.75) is 51.6 Å². The lowest BCUT2D eigenvalue weighted by Crippen LogP contribution is -2.45. The predicted molar refractivity (Wildman–Crippen MR) is 98.3 cm³/mol. The molecular weight excluding hydrogens is 338 g/mol. The minimum Gasteiger partial charge on any atom is -0.345 e. The van der Waals surface area contributed by atoms with Crippen LogP contribution in [0.5, 0.6) is 0 Å². The second-order valence-corrected chi connectivity index (χ2v) is 9.73. The Morgan fingerprint density at radius 1 is 1.28 bits per heavy atom. The number of hydrogen-bond donors (Lipinski definition) is 1. The first-order valence-corrected chi connectivity index (χ1v) is 10.7. The number of nitrogens with one attached hydrogen (secondary N) is 1. The molecule has 7 nitrogen and oxygen atoms in total. The van der Waals surface area contributed by atoms with Gasteiger partial charge in [0, 0.05) is 64.6 Å². The Kier molecular flexibility index (Phi) is 5.82. The third kappa shape index (κ3) is 4.24. The minimum atomic E-state index is -3.33. The number of aromatic nitrogens is 2. The number of rotatable bonds is 7. The van der Waals surface area contributed by atoms with E-state index in [2.05, 4.69) is 21.8 Å². The molecule has 4 rings (SSSR count). The lowest BCUT2D eigenvalue weighted by Gasteiger charge is -2.35. The Labute approximate surface area is 151 Å². The number of H-pyrrole nitrogens is 1. The Morgan fingerprint density at radius 2 is 2.08 bits per heavy atom. The molecule has 1 N–H and O–H groups in total. The van der Waals surface area contributed by atoms with Crippen molar-refractivity contribution < 1.29 is 8.42 Å². The van der Waals surface area contributed by atoms with Gasteiger partial charge in [0.25, 0.3) is 10.2 Å². The minimum absolute atomic E-state index is 0.288. The summed E-state index contributed by atoms with van der Waals surface area (Å²) >= 11 is 0. The van der Waals surface area contributed by atoms with Crippen molar-refractivity contribution in [3.63, 3.8) is 0 Å². The van der Waals surface area contributed by atoms with Crippen LogP contribution < -0.4 is 0 Å². The lowest BCUT2D eigenvalue weighted by atomic mass is 9.95. The molecule has 0 amide bonds. The predicted octanol–water partition coefficient (Wildman–Crippen LogP) is 1.45. The van der Waals surface area contributed by atoms with Gasteiger partial charge in [-0.1, -0.05) is 13.3 Å². The average molecular weight is 370 g/mol. The summed E-state index contributed by atoms with van der Waals surface area (Å²) in [6, 6.07) is 0.288. The van der Waals surface area contributed by atoms with E-state index in [1.54, 1.807) is 18.4 Å². The molecule has 1 aromatic heterocycles. The molecule has 0 spiro atoms. The van der Waals surface area contributed by atoms with Crippen molar-refractivity contribution in [3.8, 4) is 0 Å². The highest BCUT2D eigenvalue weighted by atomic mass is 32.2. The summed E-state index contributed by atoms with van der Waals surface area (Å²) in [4.78, 5) is 10.4. The number of fused-ring (bicyclic) bond motifs is 4. The molecule has 2 atom stereocenters. The monoisotopic (exact) mass is 369 g/mol. The SMILES string of the molecule is CCCCc1ncc(CN2C[C@@H]3CC[C@H]2CN(S(=O)(=O)N(C)C)C3)[nH]1. The van der Waals surface area contributed by atoms with Crippen molar-refractivity contribution in [2.75, 3.05) is 33.7 Å². The lowest BCUT2D eigenvalue weighted by molar-refractivity contribution is 0.124. The smallest absolute Gasteiger partial charge is 0.281 e. The van der Waals surface area contributed by atoms with E-state index in [0.29, 0.717) is 19.0 Å². The van der Waals surface area contributed by atoms with Crippen molar-refractivity contribution in [3.05, 3.63) is 17.7 Å². The van der Waals surface area contributed by atoms with E-state index in [1.165, 1.54) is 10.7 Å². The number of unbranched alkanes of at least 4 members (excludes halogenated alkanes) is 1. The molecule has 0 radical (unpaired) electrons. The fourth-order valence-electron chi connectivity index (χ4n) is 3.93. The van der Waals surface area contributed by atoms with E-state index in [-0.39, 0.29) is 6.04 Å². The molecule has 4 heterocycles. The molecule has 142 valence electrons. The zero-order valence-corrected chi connectivity index (χ0v) is 16.4. The number of aromatic amines is 1. The van der Waals surface area contributed by atoms with Crippen LogP contribution in [-0.4, -0.2) is 71.7 Å². The molecule has 1 aromatic rings. The van der Waals surface area contributed by atoms with Crippen LogP contribution in [0.1, 0.15) is 44.1 Å². The molecule has 2 bridgehead atoms. The first-order chi connectivity index (χ1) is 11.9. The van der Waals surface area contributed by atoms with Gasteiger partial charge in [0.1, 0.15) is 5.82 Å². The molecule has 8 heteroatoms. The highest BCUT2D eigenvalue weighted by Crippen LogP contribution is 2.30. The molecule has 3 aliphatic heterocycles. The molecule has 3 fully saturated rings. The number of nitrogens with zero attached hydrogens (tertiary/aromatic N) is 4. The molecule has 0 aromatic carbocycles. The first kappa shape index (κ1) is 18.8. The second-order valence-electron chi connectivity index (χ2n) is 7.59. The van der Waals surface area contributed by atoms with Crippen LogP contribution >= 0.6 is 0 Å². The van der Waals surface area contributed by atoms with Crippen molar-refractivity contribution in [1.82, 2.24) is 23.5 Å².